The van der Waals surface area contributed by atoms with Crippen molar-refractivity contribution in [2.24, 2.45) is 17.8 Å². The van der Waals surface area contributed by atoms with Crippen LogP contribution in [0, 0.1) is 17.8 Å². The average Bonchev–Trinajstić information content (AvgIpc) is 2.29. The molecule has 4 unspecified atom stereocenters. The fourth-order valence-corrected chi connectivity index (χ4v) is 4.43. The first kappa shape index (κ1) is 16.0. The lowest BCUT2D eigenvalue weighted by atomic mass is 9.76. The van der Waals surface area contributed by atoms with E-state index in [1.807, 2.05) is 7.05 Å². The lowest BCUT2D eigenvalue weighted by Gasteiger charge is -2.38. The minimum atomic E-state index is -2.87. The first-order valence-electron chi connectivity index (χ1n) is 7.13. The van der Waals surface area contributed by atoms with Crippen molar-refractivity contribution in [3.05, 3.63) is 0 Å². The van der Waals surface area contributed by atoms with Crippen molar-refractivity contribution >= 4 is 9.84 Å². The van der Waals surface area contributed by atoms with Crippen LogP contribution in [0.15, 0.2) is 0 Å². The topological polar surface area (TPSA) is 46.2 Å². The maximum Gasteiger partial charge on any atom is 0.150 e. The molecule has 0 radical (unpaired) electrons. The number of nitrogens with one attached hydrogen (secondary N) is 1. The van der Waals surface area contributed by atoms with Gasteiger partial charge in [-0.05, 0) is 44.1 Å². The van der Waals surface area contributed by atoms with E-state index in [0.717, 1.165) is 25.7 Å². The molecule has 0 aromatic rings. The molecule has 0 bridgehead atoms. The lowest BCUT2D eigenvalue weighted by Crippen LogP contribution is -2.44. The Bertz CT molecular complexity index is 351. The third kappa shape index (κ3) is 3.95. The molecule has 0 aromatic heterocycles. The molecule has 18 heavy (non-hydrogen) atoms. The Labute approximate surface area is 113 Å². The van der Waals surface area contributed by atoms with Gasteiger partial charge in [0.15, 0.2) is 0 Å². The van der Waals surface area contributed by atoms with Crippen LogP contribution in [0.4, 0.5) is 0 Å². The zero-order valence-corrected chi connectivity index (χ0v) is 13.3. The molecule has 4 heteroatoms. The standard InChI is InChI=1S/C14H29NO2S/c1-10(2)11(3)14(15-4)12-7-6-8-13(9-12)18(5,16)17/h10-15H,6-9H2,1-5H3. The molecular formula is C14H29NO2S. The molecule has 0 saturated heterocycles. The average molecular weight is 275 g/mol. The lowest BCUT2D eigenvalue weighted by molar-refractivity contribution is 0.193. The Morgan fingerprint density at radius 3 is 2.22 bits per heavy atom. The first-order valence-corrected chi connectivity index (χ1v) is 9.09. The zero-order chi connectivity index (χ0) is 13.9. The van der Waals surface area contributed by atoms with E-state index in [1.54, 1.807) is 0 Å². The van der Waals surface area contributed by atoms with Crippen LogP contribution in [0.5, 0.6) is 0 Å². The summed E-state index contributed by atoms with van der Waals surface area (Å²) in [5.41, 5.74) is 0. The number of rotatable bonds is 5. The molecule has 0 heterocycles. The Balaban J connectivity index is 2.75. The van der Waals surface area contributed by atoms with Gasteiger partial charge >= 0.3 is 0 Å². The van der Waals surface area contributed by atoms with Crippen LogP contribution in [0.25, 0.3) is 0 Å². The van der Waals surface area contributed by atoms with Gasteiger partial charge < -0.3 is 5.32 Å². The summed E-state index contributed by atoms with van der Waals surface area (Å²) >= 11 is 0. The summed E-state index contributed by atoms with van der Waals surface area (Å²) in [7, 11) is -0.867. The van der Waals surface area contributed by atoms with E-state index >= 15 is 0 Å². The smallest absolute Gasteiger partial charge is 0.150 e. The summed E-state index contributed by atoms with van der Waals surface area (Å²) in [5.74, 6) is 1.71. The number of hydrogen-bond acceptors (Lipinski definition) is 3. The molecular weight excluding hydrogens is 246 g/mol. The van der Waals surface area contributed by atoms with E-state index < -0.39 is 9.84 Å². The molecule has 1 rings (SSSR count). The highest BCUT2D eigenvalue weighted by atomic mass is 32.2. The summed E-state index contributed by atoms with van der Waals surface area (Å²) in [6.07, 6.45) is 5.28. The fraction of sp³-hybridized carbons (Fsp3) is 1.00. The van der Waals surface area contributed by atoms with E-state index in [0.29, 0.717) is 23.8 Å². The van der Waals surface area contributed by atoms with Gasteiger partial charge in [0, 0.05) is 12.3 Å². The highest BCUT2D eigenvalue weighted by molar-refractivity contribution is 7.91. The van der Waals surface area contributed by atoms with Gasteiger partial charge in [-0.3, -0.25) is 0 Å². The van der Waals surface area contributed by atoms with Gasteiger partial charge in [-0.15, -0.1) is 0 Å². The Kier molecular flexibility index (Phi) is 5.66. The zero-order valence-electron chi connectivity index (χ0n) is 12.4. The number of sulfone groups is 1. The van der Waals surface area contributed by atoms with Gasteiger partial charge in [-0.2, -0.15) is 0 Å². The Morgan fingerprint density at radius 1 is 1.17 bits per heavy atom. The van der Waals surface area contributed by atoms with Crippen molar-refractivity contribution in [1.82, 2.24) is 5.32 Å². The largest absolute Gasteiger partial charge is 0.316 e. The van der Waals surface area contributed by atoms with Crippen molar-refractivity contribution in [1.29, 1.82) is 0 Å². The van der Waals surface area contributed by atoms with E-state index in [9.17, 15) is 8.42 Å². The maximum atomic E-state index is 11.7. The van der Waals surface area contributed by atoms with Crippen LogP contribution < -0.4 is 5.32 Å². The molecule has 0 spiro atoms. The second-order valence-electron chi connectivity index (χ2n) is 6.30. The predicted molar refractivity (Wildman–Crippen MR) is 77.4 cm³/mol. The van der Waals surface area contributed by atoms with Gasteiger partial charge in [0.1, 0.15) is 9.84 Å². The van der Waals surface area contributed by atoms with Crippen molar-refractivity contribution in [3.63, 3.8) is 0 Å². The Hall–Kier alpha value is -0.0900. The van der Waals surface area contributed by atoms with Crippen molar-refractivity contribution in [3.8, 4) is 0 Å². The summed E-state index contributed by atoms with van der Waals surface area (Å²) in [5, 5.41) is 3.31. The number of hydrogen-bond donors (Lipinski definition) is 1. The van der Waals surface area contributed by atoms with Gasteiger partial charge in [-0.25, -0.2) is 8.42 Å². The van der Waals surface area contributed by atoms with E-state index in [4.69, 9.17) is 0 Å². The summed E-state index contributed by atoms with van der Waals surface area (Å²) < 4.78 is 23.5. The van der Waals surface area contributed by atoms with Gasteiger partial charge in [0.05, 0.1) is 5.25 Å². The summed E-state index contributed by atoms with van der Waals surface area (Å²) in [6, 6.07) is 0.439. The summed E-state index contributed by atoms with van der Waals surface area (Å²) in [4.78, 5) is 0. The van der Waals surface area contributed by atoms with Crippen molar-refractivity contribution < 1.29 is 8.42 Å². The van der Waals surface area contributed by atoms with Gasteiger partial charge in [-0.1, -0.05) is 27.2 Å². The monoisotopic (exact) mass is 275 g/mol. The van der Waals surface area contributed by atoms with Crippen LogP contribution in [0.1, 0.15) is 46.5 Å². The van der Waals surface area contributed by atoms with Gasteiger partial charge in [0.2, 0.25) is 0 Å². The molecule has 0 aromatic carbocycles. The molecule has 1 saturated carbocycles. The van der Waals surface area contributed by atoms with Crippen LogP contribution >= 0.6 is 0 Å². The van der Waals surface area contributed by atoms with Crippen molar-refractivity contribution in [2.45, 2.75) is 57.7 Å². The molecule has 1 fully saturated rings. The minimum Gasteiger partial charge on any atom is -0.316 e. The fourth-order valence-electron chi connectivity index (χ4n) is 3.24. The normalized spacial score (nSPS) is 29.2. The van der Waals surface area contributed by atoms with Crippen LogP contribution in [0.3, 0.4) is 0 Å². The maximum absolute atomic E-state index is 11.7. The van der Waals surface area contributed by atoms with Crippen LogP contribution in [0.2, 0.25) is 0 Å². The summed E-state index contributed by atoms with van der Waals surface area (Å²) in [6.45, 7) is 6.76. The van der Waals surface area contributed by atoms with E-state index in [2.05, 4.69) is 26.1 Å². The molecule has 0 amide bonds. The molecule has 1 N–H and O–H groups in total. The molecule has 108 valence electrons. The minimum absolute atomic E-state index is 0.119. The highest BCUT2D eigenvalue weighted by Gasteiger charge is 2.35. The Morgan fingerprint density at radius 2 is 1.78 bits per heavy atom. The first-order chi connectivity index (χ1) is 8.27. The molecule has 4 atom stereocenters. The third-order valence-corrected chi connectivity index (χ3v) is 6.37. The quantitative estimate of drug-likeness (QED) is 0.838. The SMILES string of the molecule is CNC(C1CCCC(S(C)(=O)=O)C1)C(C)C(C)C. The van der Waals surface area contributed by atoms with Crippen LogP contribution in [-0.4, -0.2) is 33.0 Å². The highest BCUT2D eigenvalue weighted by Crippen LogP contribution is 2.34. The van der Waals surface area contributed by atoms with Crippen LogP contribution in [-0.2, 0) is 9.84 Å². The molecule has 3 nitrogen and oxygen atoms in total. The van der Waals surface area contributed by atoms with E-state index in [1.165, 1.54) is 6.26 Å². The van der Waals surface area contributed by atoms with Crippen molar-refractivity contribution in [2.75, 3.05) is 13.3 Å². The molecule has 0 aliphatic heterocycles. The molecule has 1 aliphatic rings. The second kappa shape index (κ2) is 6.38. The van der Waals surface area contributed by atoms with E-state index in [-0.39, 0.29) is 5.25 Å². The predicted octanol–water partition coefficient (Wildman–Crippen LogP) is 2.47. The third-order valence-electron chi connectivity index (χ3n) is 4.73. The van der Waals surface area contributed by atoms with Gasteiger partial charge in [0.25, 0.3) is 0 Å². The second-order valence-corrected chi connectivity index (χ2v) is 8.62. The molecule has 1 aliphatic carbocycles.